The minimum absolute atomic E-state index is 0.438. The van der Waals surface area contributed by atoms with Gasteiger partial charge in [-0.2, -0.15) is 9.97 Å². The lowest BCUT2D eigenvalue weighted by Crippen LogP contribution is -2.02. The summed E-state index contributed by atoms with van der Waals surface area (Å²) < 4.78 is 6.62. The molecule has 0 atom stereocenters. The first-order chi connectivity index (χ1) is 8.72. The van der Waals surface area contributed by atoms with Crippen molar-refractivity contribution >= 4 is 11.6 Å². The molecule has 3 aromatic heterocycles. The van der Waals surface area contributed by atoms with Gasteiger partial charge >= 0.3 is 0 Å². The first kappa shape index (κ1) is 10.7. The summed E-state index contributed by atoms with van der Waals surface area (Å²) in [6.45, 7) is 4.19. The molecule has 0 aliphatic rings. The lowest BCUT2D eigenvalue weighted by molar-refractivity contribution is 0.388. The van der Waals surface area contributed by atoms with Crippen molar-refractivity contribution in [2.45, 2.75) is 20.4 Å². The van der Waals surface area contributed by atoms with Crippen LogP contribution in [0.5, 0.6) is 0 Å². The van der Waals surface area contributed by atoms with E-state index in [0.29, 0.717) is 24.2 Å². The minimum Gasteiger partial charge on any atom is -0.345 e. The van der Waals surface area contributed by atoms with Gasteiger partial charge in [0, 0.05) is 13.1 Å². The zero-order valence-corrected chi connectivity index (χ0v) is 10.1. The van der Waals surface area contributed by atoms with Gasteiger partial charge in [0.2, 0.25) is 11.8 Å². The molecule has 7 heteroatoms. The van der Waals surface area contributed by atoms with Crippen LogP contribution < -0.4 is 5.32 Å². The van der Waals surface area contributed by atoms with E-state index in [9.17, 15) is 0 Å². The van der Waals surface area contributed by atoms with E-state index < -0.39 is 0 Å². The molecule has 0 aliphatic carbocycles. The van der Waals surface area contributed by atoms with Crippen LogP contribution in [0.1, 0.15) is 17.3 Å². The molecule has 0 fully saturated rings. The second-order valence-corrected chi connectivity index (χ2v) is 3.98. The maximum absolute atomic E-state index is 4.88. The number of anilines is 1. The Kier molecular flexibility index (Phi) is 2.44. The number of pyridine rings is 1. The maximum atomic E-state index is 4.88. The van der Waals surface area contributed by atoms with Crippen molar-refractivity contribution in [2.75, 3.05) is 5.32 Å². The van der Waals surface area contributed by atoms with Gasteiger partial charge in [-0.1, -0.05) is 11.2 Å². The molecule has 0 bridgehead atoms. The number of nitrogens with one attached hydrogen (secondary N) is 1. The van der Waals surface area contributed by atoms with Crippen molar-refractivity contribution in [1.82, 2.24) is 24.7 Å². The molecule has 7 nitrogen and oxygen atoms in total. The molecule has 0 unspecified atom stereocenters. The van der Waals surface area contributed by atoms with Crippen LogP contribution in [0.2, 0.25) is 0 Å². The van der Waals surface area contributed by atoms with Gasteiger partial charge in [-0.05, 0) is 18.6 Å². The monoisotopic (exact) mass is 244 g/mol. The first-order valence-electron chi connectivity index (χ1n) is 5.57. The summed E-state index contributed by atoms with van der Waals surface area (Å²) in [5.74, 6) is 1.68. The van der Waals surface area contributed by atoms with Crippen molar-refractivity contribution < 1.29 is 4.52 Å². The summed E-state index contributed by atoms with van der Waals surface area (Å²) in [6, 6.07) is 3.93. The number of fused-ring (bicyclic) bond motifs is 1. The summed E-state index contributed by atoms with van der Waals surface area (Å²) in [5.41, 5.74) is 1.91. The molecular formula is C11H12N6O. The maximum Gasteiger partial charge on any atom is 0.243 e. The number of aryl methyl sites for hydroxylation is 2. The molecule has 0 spiro atoms. The van der Waals surface area contributed by atoms with Gasteiger partial charge in [-0.3, -0.25) is 0 Å². The van der Waals surface area contributed by atoms with Gasteiger partial charge < -0.3 is 9.84 Å². The topological polar surface area (TPSA) is 81.1 Å². The van der Waals surface area contributed by atoms with Gasteiger partial charge in [-0.25, -0.2) is 4.52 Å². The van der Waals surface area contributed by atoms with Crippen LogP contribution in [0.15, 0.2) is 22.9 Å². The summed E-state index contributed by atoms with van der Waals surface area (Å²) in [4.78, 5) is 8.48. The molecule has 0 amide bonds. The Morgan fingerprint density at radius 1 is 1.33 bits per heavy atom. The van der Waals surface area contributed by atoms with E-state index in [2.05, 4.69) is 25.5 Å². The van der Waals surface area contributed by atoms with Crippen molar-refractivity contribution in [1.29, 1.82) is 0 Å². The number of aromatic nitrogens is 5. The van der Waals surface area contributed by atoms with Gasteiger partial charge in [0.25, 0.3) is 0 Å². The second kappa shape index (κ2) is 4.10. The Labute approximate surface area is 103 Å². The van der Waals surface area contributed by atoms with Gasteiger partial charge in [0.15, 0.2) is 11.5 Å². The standard InChI is InChI=1S/C11H12N6O/c1-7-4-3-5-17-10(7)14-11(15-17)12-6-9-13-8(2)18-16-9/h3-5H,6H2,1-2H3,(H,12,15). The van der Waals surface area contributed by atoms with Gasteiger partial charge in [0.1, 0.15) is 0 Å². The molecule has 92 valence electrons. The number of hydrogen-bond donors (Lipinski definition) is 1. The van der Waals surface area contributed by atoms with Crippen molar-refractivity contribution in [2.24, 2.45) is 0 Å². The smallest absolute Gasteiger partial charge is 0.243 e. The Bertz CT molecular complexity index is 686. The average Bonchev–Trinajstić information content (AvgIpc) is 2.93. The fraction of sp³-hybridized carbons (Fsp3) is 0.273. The fourth-order valence-corrected chi connectivity index (χ4v) is 1.69. The lowest BCUT2D eigenvalue weighted by Gasteiger charge is -1.94. The quantitative estimate of drug-likeness (QED) is 0.748. The van der Waals surface area contributed by atoms with E-state index >= 15 is 0 Å². The molecule has 3 aromatic rings. The van der Waals surface area contributed by atoms with Crippen molar-refractivity contribution in [3.8, 4) is 0 Å². The number of nitrogens with zero attached hydrogens (tertiary/aromatic N) is 5. The third-order valence-corrected chi connectivity index (χ3v) is 2.53. The van der Waals surface area contributed by atoms with Crippen LogP contribution in [0.4, 0.5) is 5.95 Å². The number of hydrogen-bond acceptors (Lipinski definition) is 6. The zero-order chi connectivity index (χ0) is 12.5. The highest BCUT2D eigenvalue weighted by Crippen LogP contribution is 2.10. The van der Waals surface area contributed by atoms with Crippen LogP contribution in [0, 0.1) is 13.8 Å². The highest BCUT2D eigenvalue weighted by atomic mass is 16.5. The molecule has 0 aliphatic heterocycles. The van der Waals surface area contributed by atoms with Crippen molar-refractivity contribution in [3.05, 3.63) is 35.6 Å². The number of rotatable bonds is 3. The van der Waals surface area contributed by atoms with E-state index in [-0.39, 0.29) is 0 Å². The predicted octanol–water partition coefficient (Wildman–Crippen LogP) is 1.34. The van der Waals surface area contributed by atoms with Crippen LogP contribution in [0.25, 0.3) is 5.65 Å². The lowest BCUT2D eigenvalue weighted by atomic mass is 10.3. The molecule has 1 N–H and O–H groups in total. The van der Waals surface area contributed by atoms with Crippen LogP contribution >= 0.6 is 0 Å². The minimum atomic E-state index is 0.438. The molecule has 0 aromatic carbocycles. The molecule has 0 radical (unpaired) electrons. The molecule has 0 saturated carbocycles. The molecule has 0 saturated heterocycles. The highest BCUT2D eigenvalue weighted by molar-refractivity contribution is 5.49. The van der Waals surface area contributed by atoms with Gasteiger partial charge in [0.05, 0.1) is 6.54 Å². The molecule has 3 heterocycles. The second-order valence-electron chi connectivity index (χ2n) is 3.98. The van der Waals surface area contributed by atoms with E-state index in [1.54, 1.807) is 11.4 Å². The highest BCUT2D eigenvalue weighted by Gasteiger charge is 2.07. The Morgan fingerprint density at radius 3 is 2.94 bits per heavy atom. The SMILES string of the molecule is Cc1nc(CNc2nc3c(C)cccn3n2)no1. The van der Waals surface area contributed by atoms with Crippen molar-refractivity contribution in [3.63, 3.8) is 0 Å². The van der Waals surface area contributed by atoms with E-state index in [1.807, 2.05) is 25.3 Å². The Hall–Kier alpha value is -2.44. The predicted molar refractivity (Wildman–Crippen MR) is 64.1 cm³/mol. The van der Waals surface area contributed by atoms with Gasteiger partial charge in [-0.15, -0.1) is 5.10 Å². The molecular weight excluding hydrogens is 232 g/mol. The summed E-state index contributed by atoms with van der Waals surface area (Å²) >= 11 is 0. The molecule has 18 heavy (non-hydrogen) atoms. The summed E-state index contributed by atoms with van der Waals surface area (Å²) in [5, 5.41) is 11.2. The zero-order valence-electron chi connectivity index (χ0n) is 10.1. The summed E-state index contributed by atoms with van der Waals surface area (Å²) in [7, 11) is 0. The average molecular weight is 244 g/mol. The Morgan fingerprint density at radius 2 is 2.22 bits per heavy atom. The largest absolute Gasteiger partial charge is 0.345 e. The fourth-order valence-electron chi connectivity index (χ4n) is 1.69. The summed E-state index contributed by atoms with van der Waals surface area (Å²) in [6.07, 6.45) is 1.86. The Balaban J connectivity index is 1.81. The third-order valence-electron chi connectivity index (χ3n) is 2.53. The first-order valence-corrected chi connectivity index (χ1v) is 5.57. The van der Waals surface area contributed by atoms with Crippen LogP contribution in [-0.2, 0) is 6.54 Å². The molecule has 3 rings (SSSR count). The van der Waals surface area contributed by atoms with Crippen LogP contribution in [0.3, 0.4) is 0 Å². The normalized spacial score (nSPS) is 11.0. The van der Waals surface area contributed by atoms with E-state index in [1.165, 1.54) is 0 Å². The van der Waals surface area contributed by atoms with E-state index in [4.69, 9.17) is 4.52 Å². The third kappa shape index (κ3) is 1.90. The van der Waals surface area contributed by atoms with Crippen LogP contribution in [-0.4, -0.2) is 24.7 Å². The van der Waals surface area contributed by atoms with E-state index in [0.717, 1.165) is 11.2 Å².